The van der Waals surface area contributed by atoms with Gasteiger partial charge >= 0.3 is 11.8 Å². The molecule has 0 saturated carbocycles. The molecule has 0 unspecified atom stereocenters. The van der Waals surface area contributed by atoms with E-state index < -0.39 is 11.8 Å². The summed E-state index contributed by atoms with van der Waals surface area (Å²) in [5.74, 6) is -1.25. The van der Waals surface area contributed by atoms with Crippen molar-refractivity contribution >= 4 is 23.2 Å². The quantitative estimate of drug-likeness (QED) is 0.306. The standard InChI is InChI=1S/C20H14N4O3/c25-19-17-13-7-8-14-18(17)20(26)22(19)21-24(27)23(15-9-3-1-4-10-15)16-11-5-2-6-12-16/h1-14H/b24-21-. The summed E-state index contributed by atoms with van der Waals surface area (Å²) in [6.07, 6.45) is 0. The van der Waals surface area contributed by atoms with E-state index in [2.05, 4.69) is 5.22 Å². The van der Waals surface area contributed by atoms with Gasteiger partial charge in [0.25, 0.3) is 0 Å². The second-order valence-electron chi connectivity index (χ2n) is 5.79. The van der Waals surface area contributed by atoms with Crippen LogP contribution in [0, 0.1) is 5.21 Å². The van der Waals surface area contributed by atoms with Crippen LogP contribution in [0.4, 0.5) is 11.4 Å². The van der Waals surface area contributed by atoms with Crippen LogP contribution in [0.5, 0.6) is 0 Å². The van der Waals surface area contributed by atoms with E-state index >= 15 is 0 Å². The molecule has 0 atom stereocenters. The van der Waals surface area contributed by atoms with E-state index in [1.54, 1.807) is 60.7 Å². The highest BCUT2D eigenvalue weighted by Gasteiger charge is 2.43. The van der Waals surface area contributed by atoms with Gasteiger partial charge in [-0.05, 0) is 46.4 Å². The zero-order chi connectivity index (χ0) is 18.8. The van der Waals surface area contributed by atoms with E-state index in [0.717, 1.165) is 0 Å². The predicted molar refractivity (Wildman–Crippen MR) is 98.0 cm³/mol. The number of para-hydroxylation sites is 2. The third-order valence-corrected chi connectivity index (χ3v) is 4.11. The van der Waals surface area contributed by atoms with Crippen LogP contribution in [-0.2, 0) is 0 Å². The Morgan fingerprint density at radius 2 is 1.11 bits per heavy atom. The number of hydrogen-bond acceptors (Lipinski definition) is 4. The normalized spacial score (nSPS) is 13.6. The van der Waals surface area contributed by atoms with Gasteiger partial charge in [0, 0.05) is 0 Å². The number of anilines is 2. The molecule has 0 spiro atoms. The van der Waals surface area contributed by atoms with Crippen molar-refractivity contribution in [2.24, 2.45) is 5.22 Å². The zero-order valence-electron chi connectivity index (χ0n) is 14.1. The second kappa shape index (κ2) is 6.72. The maximum atomic E-state index is 12.9. The molecule has 1 heterocycles. The van der Waals surface area contributed by atoms with Gasteiger partial charge in [-0.1, -0.05) is 48.5 Å². The lowest BCUT2D eigenvalue weighted by molar-refractivity contribution is -0.544. The number of hydrazine groups is 1. The fourth-order valence-corrected chi connectivity index (χ4v) is 2.86. The van der Waals surface area contributed by atoms with Crippen molar-refractivity contribution in [3.63, 3.8) is 0 Å². The van der Waals surface area contributed by atoms with Crippen molar-refractivity contribution in [2.45, 2.75) is 0 Å². The first-order valence-electron chi connectivity index (χ1n) is 8.23. The number of imide groups is 1. The minimum Gasteiger partial charge on any atom is -0.672 e. The maximum absolute atomic E-state index is 12.9. The molecule has 3 aromatic carbocycles. The van der Waals surface area contributed by atoms with Crippen molar-refractivity contribution in [3.8, 4) is 0 Å². The highest BCUT2D eigenvalue weighted by molar-refractivity contribution is 6.20. The fraction of sp³-hybridized carbons (Fsp3) is 0. The van der Waals surface area contributed by atoms with Crippen LogP contribution < -0.4 is 5.01 Å². The minimum absolute atomic E-state index is 0.227. The number of carbonyl (C=O) groups excluding carboxylic acids is 2. The van der Waals surface area contributed by atoms with Crippen LogP contribution in [0.1, 0.15) is 20.7 Å². The van der Waals surface area contributed by atoms with Crippen molar-refractivity contribution < 1.29 is 14.6 Å². The largest absolute Gasteiger partial charge is 0.672 e. The average molecular weight is 358 g/mol. The van der Waals surface area contributed by atoms with Gasteiger partial charge in [-0.2, -0.15) is 5.01 Å². The Morgan fingerprint density at radius 1 is 0.704 bits per heavy atom. The molecule has 1 aliphatic rings. The van der Waals surface area contributed by atoms with E-state index in [9.17, 15) is 14.8 Å². The number of hydrogen-bond donors (Lipinski definition) is 0. The lowest BCUT2D eigenvalue weighted by atomic mass is 10.1. The fourth-order valence-electron chi connectivity index (χ4n) is 2.86. The minimum atomic E-state index is -0.627. The van der Waals surface area contributed by atoms with Crippen LogP contribution in [0.2, 0.25) is 0 Å². The Bertz CT molecular complexity index is 961. The molecule has 0 fully saturated rings. The number of carbonyl (C=O) groups is 2. The Kier molecular flexibility index (Phi) is 4.10. The van der Waals surface area contributed by atoms with Crippen molar-refractivity contribution in [2.75, 3.05) is 5.01 Å². The van der Waals surface area contributed by atoms with Crippen LogP contribution in [0.15, 0.2) is 90.2 Å². The summed E-state index contributed by atoms with van der Waals surface area (Å²) in [7, 11) is 0. The molecular formula is C20H14N4O3. The molecule has 4 rings (SSSR count). The SMILES string of the molecule is O=C1c2ccccc2C(=O)N1/N=[N+](\[O-])N(c1ccccc1)c1ccccc1. The van der Waals surface area contributed by atoms with E-state index in [1.807, 2.05) is 12.1 Å². The molecule has 132 valence electrons. The van der Waals surface area contributed by atoms with Gasteiger partial charge in [-0.15, -0.1) is 0 Å². The monoisotopic (exact) mass is 358 g/mol. The molecule has 0 aromatic heterocycles. The number of fused-ring (bicyclic) bond motifs is 1. The Labute approximate surface area is 154 Å². The first-order chi connectivity index (χ1) is 13.2. The molecule has 27 heavy (non-hydrogen) atoms. The van der Waals surface area contributed by atoms with Gasteiger partial charge in [0.1, 0.15) is 5.22 Å². The molecule has 0 N–H and O–H groups in total. The molecule has 0 aliphatic carbocycles. The second-order valence-corrected chi connectivity index (χ2v) is 5.79. The molecule has 0 saturated heterocycles. The summed E-state index contributed by atoms with van der Waals surface area (Å²) in [4.78, 5) is 25.2. The molecule has 0 radical (unpaired) electrons. The molecule has 7 heteroatoms. The summed E-state index contributed by atoms with van der Waals surface area (Å²) in [5, 5.41) is 18.5. The van der Waals surface area contributed by atoms with Gasteiger partial charge in [-0.25, -0.2) is 9.59 Å². The molecular weight excluding hydrogens is 344 g/mol. The maximum Gasteiger partial charge on any atom is 0.370 e. The van der Waals surface area contributed by atoms with Crippen molar-refractivity contribution in [1.82, 2.24) is 5.01 Å². The summed E-state index contributed by atoms with van der Waals surface area (Å²) in [6.45, 7) is 0. The molecule has 7 nitrogen and oxygen atoms in total. The number of benzene rings is 3. The van der Waals surface area contributed by atoms with E-state index in [1.165, 1.54) is 17.1 Å². The highest BCUT2D eigenvalue weighted by atomic mass is 16.6. The Morgan fingerprint density at radius 3 is 1.56 bits per heavy atom. The van der Waals surface area contributed by atoms with Gasteiger partial charge < -0.3 is 5.21 Å². The van der Waals surface area contributed by atoms with Crippen LogP contribution in [-0.4, -0.2) is 21.8 Å². The average Bonchev–Trinajstić information content (AvgIpc) is 2.95. The van der Waals surface area contributed by atoms with Crippen LogP contribution in [0.3, 0.4) is 0 Å². The van der Waals surface area contributed by atoms with Crippen LogP contribution in [0.25, 0.3) is 0 Å². The number of rotatable bonds is 4. The zero-order valence-corrected chi connectivity index (χ0v) is 14.1. The highest BCUT2D eigenvalue weighted by Crippen LogP contribution is 2.27. The topological polar surface area (TPSA) is 79.0 Å². The van der Waals surface area contributed by atoms with Crippen LogP contribution >= 0.6 is 0 Å². The molecule has 0 bridgehead atoms. The van der Waals surface area contributed by atoms with Gasteiger partial charge in [0.15, 0.2) is 0 Å². The smallest absolute Gasteiger partial charge is 0.370 e. The summed E-state index contributed by atoms with van der Waals surface area (Å²) >= 11 is 0. The lowest BCUT2D eigenvalue weighted by Crippen LogP contribution is -2.32. The van der Waals surface area contributed by atoms with Crippen molar-refractivity contribution in [1.29, 1.82) is 0 Å². The van der Waals surface area contributed by atoms with Gasteiger partial charge in [0.2, 0.25) is 0 Å². The number of nitrogens with zero attached hydrogens (tertiary/aromatic N) is 4. The first kappa shape index (κ1) is 16.5. The summed E-state index contributed by atoms with van der Waals surface area (Å²) in [5.41, 5.74) is 1.54. The summed E-state index contributed by atoms with van der Waals surface area (Å²) < 4.78 is 0. The third-order valence-electron chi connectivity index (χ3n) is 4.11. The van der Waals surface area contributed by atoms with E-state index in [4.69, 9.17) is 0 Å². The van der Waals surface area contributed by atoms with E-state index in [-0.39, 0.29) is 16.1 Å². The molecule has 3 aromatic rings. The van der Waals surface area contributed by atoms with E-state index in [0.29, 0.717) is 16.4 Å². The molecule has 2 amide bonds. The van der Waals surface area contributed by atoms with Gasteiger partial charge in [0.05, 0.1) is 22.5 Å². The lowest BCUT2D eigenvalue weighted by Gasteiger charge is -2.24. The molecule has 1 aliphatic heterocycles. The summed E-state index contributed by atoms with van der Waals surface area (Å²) in [6, 6.07) is 24.1. The number of amides is 2. The third kappa shape index (κ3) is 2.91. The van der Waals surface area contributed by atoms with Gasteiger partial charge in [-0.3, -0.25) is 0 Å². The van der Waals surface area contributed by atoms with Crippen molar-refractivity contribution in [3.05, 3.63) is 101 Å². The first-order valence-corrected chi connectivity index (χ1v) is 8.23. The Balaban J connectivity index is 1.76. The Hall–Kier alpha value is -4.00. The predicted octanol–water partition coefficient (Wildman–Crippen LogP) is 3.91.